The van der Waals surface area contributed by atoms with E-state index in [1.165, 1.54) is 24.0 Å². The van der Waals surface area contributed by atoms with Crippen LogP contribution in [0.15, 0.2) is 18.2 Å². The monoisotopic (exact) mass is 313 g/mol. The maximum Gasteiger partial charge on any atom is 0.176 e. The molecule has 0 bridgehead atoms. The zero-order valence-electron chi connectivity index (χ0n) is 14.9. The van der Waals surface area contributed by atoms with Crippen LogP contribution >= 0.6 is 0 Å². The summed E-state index contributed by atoms with van der Waals surface area (Å²) in [6.07, 6.45) is 4.65. The number of rotatable bonds is 3. The quantitative estimate of drug-likeness (QED) is 0.872. The number of benzene rings is 1. The molecule has 1 aliphatic carbocycles. The Morgan fingerprint density at radius 3 is 2.30 bits per heavy atom. The van der Waals surface area contributed by atoms with Crippen LogP contribution in [-0.4, -0.2) is 39.2 Å². The molecular weight excluding hydrogens is 286 g/mol. The Kier molecular flexibility index (Phi) is 4.23. The third-order valence-electron chi connectivity index (χ3n) is 5.49. The molecule has 0 atom stereocenters. The molecule has 0 saturated heterocycles. The van der Waals surface area contributed by atoms with E-state index in [0.29, 0.717) is 0 Å². The number of tetrazole rings is 1. The molecular formula is C18H27N5. The standard InChI is InChI=1S/C18H27N5/c1-13-9-11-18(12-10-13,22(4)5)17-19-20-21-23(17)16-14(2)7-6-8-15(16)3/h6-8,13H,9-12H2,1-5H3. The summed E-state index contributed by atoms with van der Waals surface area (Å²) in [5.74, 6) is 1.76. The fraction of sp³-hybridized carbons (Fsp3) is 0.611. The molecule has 2 aromatic rings. The highest BCUT2D eigenvalue weighted by Crippen LogP contribution is 2.42. The highest BCUT2D eigenvalue weighted by atomic mass is 15.6. The van der Waals surface area contributed by atoms with Crippen molar-refractivity contribution in [1.29, 1.82) is 0 Å². The zero-order chi connectivity index (χ0) is 16.6. The van der Waals surface area contributed by atoms with Crippen LogP contribution in [0.5, 0.6) is 0 Å². The molecule has 5 heteroatoms. The van der Waals surface area contributed by atoms with E-state index < -0.39 is 0 Å². The van der Waals surface area contributed by atoms with E-state index in [-0.39, 0.29) is 5.54 Å². The Morgan fingerprint density at radius 2 is 1.74 bits per heavy atom. The normalized spacial score (nSPS) is 25.0. The van der Waals surface area contributed by atoms with Crippen LogP contribution in [0.4, 0.5) is 0 Å². The van der Waals surface area contributed by atoms with Gasteiger partial charge in [0.05, 0.1) is 11.2 Å². The second kappa shape index (κ2) is 6.04. The van der Waals surface area contributed by atoms with Gasteiger partial charge in [-0.05, 0) is 81.1 Å². The topological polar surface area (TPSA) is 46.8 Å². The van der Waals surface area contributed by atoms with Crippen molar-refractivity contribution in [3.05, 3.63) is 35.2 Å². The third-order valence-corrected chi connectivity index (χ3v) is 5.49. The van der Waals surface area contributed by atoms with Gasteiger partial charge in [-0.1, -0.05) is 25.1 Å². The van der Waals surface area contributed by atoms with Crippen molar-refractivity contribution in [1.82, 2.24) is 25.1 Å². The van der Waals surface area contributed by atoms with E-state index in [1.54, 1.807) is 0 Å². The van der Waals surface area contributed by atoms with E-state index in [1.807, 2.05) is 4.68 Å². The minimum absolute atomic E-state index is 0.0786. The molecule has 124 valence electrons. The van der Waals surface area contributed by atoms with Crippen LogP contribution < -0.4 is 0 Å². The van der Waals surface area contributed by atoms with Gasteiger partial charge in [0.1, 0.15) is 0 Å². The number of aryl methyl sites for hydroxylation is 2. The van der Waals surface area contributed by atoms with Crippen LogP contribution in [0.1, 0.15) is 49.6 Å². The molecule has 0 aliphatic heterocycles. The molecule has 23 heavy (non-hydrogen) atoms. The molecule has 1 saturated carbocycles. The summed E-state index contributed by atoms with van der Waals surface area (Å²) in [6, 6.07) is 6.33. The summed E-state index contributed by atoms with van der Waals surface area (Å²) < 4.78 is 1.97. The molecule has 0 spiro atoms. The lowest BCUT2D eigenvalue weighted by Gasteiger charge is -2.43. The fourth-order valence-electron chi connectivity index (χ4n) is 3.88. The van der Waals surface area contributed by atoms with Crippen molar-refractivity contribution in [3.8, 4) is 5.69 Å². The van der Waals surface area contributed by atoms with Crippen molar-refractivity contribution >= 4 is 0 Å². The van der Waals surface area contributed by atoms with Gasteiger partial charge in [-0.25, -0.2) is 0 Å². The lowest BCUT2D eigenvalue weighted by atomic mass is 9.75. The minimum Gasteiger partial charge on any atom is -0.297 e. The van der Waals surface area contributed by atoms with E-state index in [4.69, 9.17) is 0 Å². The molecule has 1 fully saturated rings. The van der Waals surface area contributed by atoms with Gasteiger partial charge in [0.2, 0.25) is 0 Å². The molecule has 0 unspecified atom stereocenters. The van der Waals surface area contributed by atoms with Crippen molar-refractivity contribution in [2.75, 3.05) is 14.1 Å². The summed E-state index contributed by atoms with van der Waals surface area (Å²) in [5, 5.41) is 12.9. The number of para-hydroxylation sites is 1. The Morgan fingerprint density at radius 1 is 1.13 bits per heavy atom. The number of aromatic nitrogens is 4. The zero-order valence-corrected chi connectivity index (χ0v) is 14.9. The largest absolute Gasteiger partial charge is 0.297 e. The Hall–Kier alpha value is -1.75. The predicted octanol–water partition coefficient (Wildman–Crippen LogP) is 3.25. The Bertz CT molecular complexity index is 660. The van der Waals surface area contributed by atoms with Gasteiger partial charge in [0.25, 0.3) is 0 Å². The first-order valence-corrected chi connectivity index (χ1v) is 8.48. The average molecular weight is 313 g/mol. The fourth-order valence-corrected chi connectivity index (χ4v) is 3.88. The highest BCUT2D eigenvalue weighted by molar-refractivity contribution is 5.47. The second-order valence-corrected chi connectivity index (χ2v) is 7.26. The molecule has 0 amide bonds. The number of nitrogens with zero attached hydrogens (tertiary/aromatic N) is 5. The molecule has 0 N–H and O–H groups in total. The SMILES string of the molecule is Cc1cccc(C)c1-n1nnnc1C1(N(C)C)CCC(C)CC1. The third kappa shape index (κ3) is 2.67. The first kappa shape index (κ1) is 16.1. The van der Waals surface area contributed by atoms with Gasteiger partial charge >= 0.3 is 0 Å². The smallest absolute Gasteiger partial charge is 0.176 e. The van der Waals surface area contributed by atoms with Crippen LogP contribution in [-0.2, 0) is 5.54 Å². The Balaban J connectivity index is 2.13. The highest BCUT2D eigenvalue weighted by Gasteiger charge is 2.42. The molecule has 1 aromatic carbocycles. The molecule has 1 aromatic heterocycles. The van der Waals surface area contributed by atoms with Gasteiger partial charge in [0.15, 0.2) is 5.82 Å². The molecule has 1 aliphatic rings. The summed E-state index contributed by atoms with van der Waals surface area (Å²) in [6.45, 7) is 6.59. The number of hydrogen-bond donors (Lipinski definition) is 0. The van der Waals surface area contributed by atoms with E-state index in [0.717, 1.165) is 30.3 Å². The summed E-state index contributed by atoms with van der Waals surface area (Å²) in [7, 11) is 4.30. The van der Waals surface area contributed by atoms with Crippen molar-refractivity contribution in [3.63, 3.8) is 0 Å². The van der Waals surface area contributed by atoms with Crippen LogP contribution in [0.3, 0.4) is 0 Å². The molecule has 0 radical (unpaired) electrons. The van der Waals surface area contributed by atoms with Gasteiger partial charge in [-0.15, -0.1) is 5.10 Å². The van der Waals surface area contributed by atoms with Crippen LogP contribution in [0.2, 0.25) is 0 Å². The minimum atomic E-state index is -0.0786. The lowest BCUT2D eigenvalue weighted by molar-refractivity contribution is 0.0698. The van der Waals surface area contributed by atoms with Crippen molar-refractivity contribution in [2.45, 2.75) is 52.0 Å². The molecule has 5 nitrogen and oxygen atoms in total. The first-order chi connectivity index (χ1) is 11.0. The first-order valence-electron chi connectivity index (χ1n) is 8.48. The lowest BCUT2D eigenvalue weighted by Crippen LogP contribution is -2.46. The van der Waals surface area contributed by atoms with Gasteiger partial charge in [-0.3, -0.25) is 4.90 Å². The van der Waals surface area contributed by atoms with Gasteiger partial charge < -0.3 is 0 Å². The van der Waals surface area contributed by atoms with Crippen LogP contribution in [0, 0.1) is 19.8 Å². The predicted molar refractivity (Wildman–Crippen MR) is 91.6 cm³/mol. The second-order valence-electron chi connectivity index (χ2n) is 7.26. The molecule has 3 rings (SSSR count). The van der Waals surface area contributed by atoms with Gasteiger partial charge in [0, 0.05) is 0 Å². The van der Waals surface area contributed by atoms with E-state index in [2.05, 4.69) is 73.5 Å². The Labute approximate surface area is 138 Å². The van der Waals surface area contributed by atoms with E-state index >= 15 is 0 Å². The summed E-state index contributed by atoms with van der Waals surface area (Å²) in [4.78, 5) is 2.31. The maximum absolute atomic E-state index is 4.48. The average Bonchev–Trinajstić information content (AvgIpc) is 2.97. The van der Waals surface area contributed by atoms with E-state index in [9.17, 15) is 0 Å². The number of hydrogen-bond acceptors (Lipinski definition) is 4. The summed E-state index contributed by atoms with van der Waals surface area (Å²) in [5.41, 5.74) is 3.45. The van der Waals surface area contributed by atoms with Crippen molar-refractivity contribution < 1.29 is 0 Å². The van der Waals surface area contributed by atoms with Gasteiger partial charge in [-0.2, -0.15) is 4.68 Å². The molecule has 1 heterocycles. The van der Waals surface area contributed by atoms with Crippen molar-refractivity contribution in [2.24, 2.45) is 5.92 Å². The summed E-state index contributed by atoms with van der Waals surface area (Å²) >= 11 is 0. The van der Waals surface area contributed by atoms with Crippen LogP contribution in [0.25, 0.3) is 5.69 Å². The maximum atomic E-state index is 4.48.